The highest BCUT2D eigenvalue weighted by molar-refractivity contribution is 7.99. The Hall–Kier alpha value is -1.65. The number of aromatic nitrogens is 1. The number of aromatic amines is 1. The van der Waals surface area contributed by atoms with E-state index < -0.39 is 0 Å². The summed E-state index contributed by atoms with van der Waals surface area (Å²) < 4.78 is 0. The lowest BCUT2D eigenvalue weighted by atomic mass is 9.98. The van der Waals surface area contributed by atoms with E-state index in [4.69, 9.17) is 11.6 Å². The van der Waals surface area contributed by atoms with Crippen LogP contribution in [-0.4, -0.2) is 40.4 Å². The molecule has 2 aromatic carbocycles. The maximum atomic E-state index is 12.7. The first-order valence-corrected chi connectivity index (χ1v) is 9.74. The highest BCUT2D eigenvalue weighted by atomic mass is 35.5. The van der Waals surface area contributed by atoms with E-state index in [-0.39, 0.29) is 11.8 Å². The summed E-state index contributed by atoms with van der Waals surface area (Å²) in [5, 5.41) is 3.00. The van der Waals surface area contributed by atoms with Crippen molar-refractivity contribution in [3.05, 3.63) is 47.0 Å². The maximum absolute atomic E-state index is 12.7. The van der Waals surface area contributed by atoms with Crippen molar-refractivity contribution in [3.63, 3.8) is 0 Å². The van der Waals surface area contributed by atoms with Crippen molar-refractivity contribution in [1.82, 2.24) is 9.88 Å². The minimum atomic E-state index is -0.118. The molecule has 0 unspecified atom stereocenters. The number of nitrogens with one attached hydrogen (secondary N) is 1. The minimum Gasteiger partial charge on any atom is -0.355 e. The second-order valence-corrected chi connectivity index (χ2v) is 7.94. The van der Waals surface area contributed by atoms with E-state index in [0.29, 0.717) is 0 Å². The molecule has 4 rings (SSSR count). The summed E-state index contributed by atoms with van der Waals surface area (Å²) in [5.74, 6) is 2.20. The molecule has 3 nitrogen and oxygen atoms in total. The van der Waals surface area contributed by atoms with Crippen LogP contribution in [0.15, 0.2) is 36.4 Å². The lowest BCUT2D eigenvalue weighted by Gasteiger charge is -2.29. The second kappa shape index (κ2) is 6.34. The summed E-state index contributed by atoms with van der Waals surface area (Å²) in [7, 11) is 0. The van der Waals surface area contributed by atoms with Gasteiger partial charge in [-0.3, -0.25) is 4.79 Å². The maximum Gasteiger partial charge on any atom is 0.229 e. The van der Waals surface area contributed by atoms with E-state index in [1.54, 1.807) is 0 Å². The van der Waals surface area contributed by atoms with Gasteiger partial charge in [0.25, 0.3) is 0 Å². The van der Waals surface area contributed by atoms with Crippen LogP contribution < -0.4 is 0 Å². The number of hydrogen-bond acceptors (Lipinski definition) is 2. The van der Waals surface area contributed by atoms with Gasteiger partial charge in [-0.1, -0.05) is 23.7 Å². The van der Waals surface area contributed by atoms with E-state index in [1.807, 2.05) is 41.8 Å². The molecule has 0 saturated carbocycles. The molecule has 1 aliphatic rings. The summed E-state index contributed by atoms with van der Waals surface area (Å²) in [6.07, 6.45) is 0. The second-order valence-electron chi connectivity index (χ2n) is 6.28. The number of amides is 1. The number of thioether (sulfide) groups is 1. The molecule has 0 aliphatic carbocycles. The summed E-state index contributed by atoms with van der Waals surface area (Å²) in [5.41, 5.74) is 3.18. The Morgan fingerprint density at radius 1 is 1.12 bits per heavy atom. The monoisotopic (exact) mass is 358 g/mol. The molecular formula is C19H19ClN2OS. The van der Waals surface area contributed by atoms with E-state index in [1.165, 1.54) is 0 Å². The molecular weight excluding hydrogens is 340 g/mol. The number of rotatable bonds is 2. The average molecular weight is 359 g/mol. The normalized spacial score (nSPS) is 16.7. The number of fused-ring (bicyclic) bond motifs is 3. The lowest BCUT2D eigenvalue weighted by Crippen LogP contribution is -2.40. The van der Waals surface area contributed by atoms with Crippen LogP contribution in [0.1, 0.15) is 18.4 Å². The molecule has 1 aromatic heterocycles. The van der Waals surface area contributed by atoms with Gasteiger partial charge in [0.15, 0.2) is 0 Å². The van der Waals surface area contributed by atoms with Gasteiger partial charge in [-0.2, -0.15) is 11.8 Å². The first-order valence-electron chi connectivity index (χ1n) is 8.21. The smallest absolute Gasteiger partial charge is 0.229 e. The molecule has 5 heteroatoms. The molecule has 1 aliphatic heterocycles. The number of H-pyrrole nitrogens is 1. The first kappa shape index (κ1) is 15.9. The van der Waals surface area contributed by atoms with Gasteiger partial charge in [-0.15, -0.1) is 0 Å². The van der Waals surface area contributed by atoms with Crippen molar-refractivity contribution < 1.29 is 4.79 Å². The van der Waals surface area contributed by atoms with E-state index >= 15 is 0 Å². The Bertz CT molecular complexity index is 914. The van der Waals surface area contributed by atoms with Crippen LogP contribution >= 0.6 is 23.4 Å². The molecule has 0 spiro atoms. The lowest BCUT2D eigenvalue weighted by molar-refractivity contribution is -0.132. The quantitative estimate of drug-likeness (QED) is 0.723. The largest absolute Gasteiger partial charge is 0.355 e. The zero-order valence-electron chi connectivity index (χ0n) is 13.5. The predicted molar refractivity (Wildman–Crippen MR) is 103 cm³/mol. The Morgan fingerprint density at radius 2 is 1.92 bits per heavy atom. The fourth-order valence-electron chi connectivity index (χ4n) is 3.36. The number of nitrogens with zero attached hydrogens (tertiary/aromatic N) is 1. The summed E-state index contributed by atoms with van der Waals surface area (Å²) >= 11 is 8.04. The van der Waals surface area contributed by atoms with Crippen molar-refractivity contribution in [2.24, 2.45) is 0 Å². The average Bonchev–Trinajstić information content (AvgIpc) is 2.98. The Kier molecular flexibility index (Phi) is 4.19. The number of carbonyl (C=O) groups excluding carboxylic acids is 1. The number of halogens is 1. The van der Waals surface area contributed by atoms with Crippen LogP contribution in [0.2, 0.25) is 5.02 Å². The standard InChI is InChI=1S/C19H19ClN2OS/c1-12(19(23)22-6-8-24-9-7-22)13-2-4-15-16-11-14(20)3-5-17(16)21-18(15)10-13/h2-5,10-12,21H,6-9H2,1H3/t12-/m1/s1. The highest BCUT2D eigenvalue weighted by Gasteiger charge is 2.23. The van der Waals surface area contributed by atoms with E-state index in [0.717, 1.165) is 57.0 Å². The zero-order chi connectivity index (χ0) is 16.7. The fraction of sp³-hybridized carbons (Fsp3) is 0.316. The third-order valence-electron chi connectivity index (χ3n) is 4.78. The SMILES string of the molecule is C[C@@H](C(=O)N1CCSCC1)c1ccc2c(c1)[nH]c1ccc(Cl)cc12. The van der Waals surface area contributed by atoms with Crippen LogP contribution in [-0.2, 0) is 4.79 Å². The topological polar surface area (TPSA) is 36.1 Å². The first-order chi connectivity index (χ1) is 11.6. The van der Waals surface area contributed by atoms with Gasteiger partial charge < -0.3 is 9.88 Å². The van der Waals surface area contributed by atoms with Crippen molar-refractivity contribution in [1.29, 1.82) is 0 Å². The Labute approximate surface area is 150 Å². The Morgan fingerprint density at radius 3 is 2.71 bits per heavy atom. The molecule has 1 saturated heterocycles. The van der Waals surface area contributed by atoms with Gasteiger partial charge in [-0.05, 0) is 36.8 Å². The van der Waals surface area contributed by atoms with Gasteiger partial charge in [0, 0.05) is 51.4 Å². The van der Waals surface area contributed by atoms with Crippen LogP contribution in [0.4, 0.5) is 0 Å². The molecule has 124 valence electrons. The van der Waals surface area contributed by atoms with Crippen molar-refractivity contribution >= 4 is 51.1 Å². The molecule has 24 heavy (non-hydrogen) atoms. The van der Waals surface area contributed by atoms with Gasteiger partial charge >= 0.3 is 0 Å². The van der Waals surface area contributed by atoms with Gasteiger partial charge in [0.1, 0.15) is 0 Å². The Balaban J connectivity index is 1.69. The summed E-state index contributed by atoms with van der Waals surface area (Å²) in [4.78, 5) is 18.2. The molecule has 0 radical (unpaired) electrons. The molecule has 1 amide bonds. The highest BCUT2D eigenvalue weighted by Crippen LogP contribution is 2.30. The molecule has 3 aromatic rings. The fourth-order valence-corrected chi connectivity index (χ4v) is 4.44. The van der Waals surface area contributed by atoms with Crippen LogP contribution in [0.5, 0.6) is 0 Å². The van der Waals surface area contributed by atoms with Gasteiger partial charge in [-0.25, -0.2) is 0 Å². The third-order valence-corrected chi connectivity index (χ3v) is 5.96. The molecule has 0 bridgehead atoms. The van der Waals surface area contributed by atoms with Gasteiger partial charge in [0.2, 0.25) is 5.91 Å². The number of hydrogen-bond donors (Lipinski definition) is 1. The van der Waals surface area contributed by atoms with E-state index in [9.17, 15) is 4.79 Å². The predicted octanol–water partition coefficient (Wildman–Crippen LogP) is 4.65. The summed E-state index contributed by atoms with van der Waals surface area (Å²) in [6, 6.07) is 12.1. The molecule has 1 atom stereocenters. The van der Waals surface area contributed by atoms with Crippen molar-refractivity contribution in [2.75, 3.05) is 24.6 Å². The zero-order valence-corrected chi connectivity index (χ0v) is 15.1. The van der Waals surface area contributed by atoms with Crippen molar-refractivity contribution in [3.8, 4) is 0 Å². The van der Waals surface area contributed by atoms with Crippen LogP contribution in [0.25, 0.3) is 21.8 Å². The molecule has 2 heterocycles. The van der Waals surface area contributed by atoms with Crippen LogP contribution in [0, 0.1) is 0 Å². The van der Waals surface area contributed by atoms with Crippen LogP contribution in [0.3, 0.4) is 0 Å². The summed E-state index contributed by atoms with van der Waals surface area (Å²) in [6.45, 7) is 3.73. The van der Waals surface area contributed by atoms with Gasteiger partial charge in [0.05, 0.1) is 5.92 Å². The van der Waals surface area contributed by atoms with E-state index in [2.05, 4.69) is 23.2 Å². The molecule has 1 N–H and O–H groups in total. The minimum absolute atomic E-state index is 0.118. The number of benzene rings is 2. The number of carbonyl (C=O) groups is 1. The van der Waals surface area contributed by atoms with Crippen molar-refractivity contribution in [2.45, 2.75) is 12.8 Å². The molecule has 1 fully saturated rings. The third kappa shape index (κ3) is 2.78.